The van der Waals surface area contributed by atoms with Crippen molar-refractivity contribution in [2.24, 2.45) is 0 Å². The van der Waals surface area contributed by atoms with E-state index in [1.54, 1.807) is 13.1 Å². The molecule has 0 saturated heterocycles. The zero-order valence-electron chi connectivity index (χ0n) is 11.3. The summed E-state index contributed by atoms with van der Waals surface area (Å²) in [5.41, 5.74) is 1.64. The van der Waals surface area contributed by atoms with Crippen molar-refractivity contribution in [1.82, 2.24) is 5.32 Å². The Bertz CT molecular complexity index is 524. The molecular formula is C14H17NO4. The number of methoxy groups -OCH3 is 1. The van der Waals surface area contributed by atoms with Gasteiger partial charge in [0.15, 0.2) is 0 Å². The van der Waals surface area contributed by atoms with Gasteiger partial charge in [0.05, 0.1) is 18.2 Å². The Hall–Kier alpha value is -2.04. The zero-order valence-corrected chi connectivity index (χ0v) is 11.3. The lowest BCUT2D eigenvalue weighted by molar-refractivity contribution is 0.0600. The van der Waals surface area contributed by atoms with E-state index in [0.717, 1.165) is 12.0 Å². The fraction of sp³-hybridized carbons (Fsp3) is 0.429. The molecule has 0 radical (unpaired) electrons. The molecule has 1 N–H and O–H groups in total. The number of carbonyl (C=O) groups excluding carboxylic acids is 2. The lowest BCUT2D eigenvalue weighted by Gasteiger charge is -2.11. The predicted octanol–water partition coefficient (Wildman–Crippen LogP) is 1.55. The van der Waals surface area contributed by atoms with Gasteiger partial charge in [-0.3, -0.25) is 4.79 Å². The number of amides is 1. The summed E-state index contributed by atoms with van der Waals surface area (Å²) in [5.74, 6) is -0.134. The fourth-order valence-corrected chi connectivity index (χ4v) is 2.20. The molecule has 0 spiro atoms. The molecule has 1 heterocycles. The first-order valence-corrected chi connectivity index (χ1v) is 6.24. The molecule has 102 valence electrons. The SMILES string of the molecule is CCC1Cc2cc(C(=O)OC)cc(C(=O)NC)c2O1. The van der Waals surface area contributed by atoms with Crippen molar-refractivity contribution in [3.05, 3.63) is 28.8 Å². The second-order valence-electron chi connectivity index (χ2n) is 4.43. The molecule has 1 aromatic carbocycles. The molecule has 2 rings (SSSR count). The van der Waals surface area contributed by atoms with Crippen LogP contribution < -0.4 is 10.1 Å². The van der Waals surface area contributed by atoms with E-state index < -0.39 is 5.97 Å². The van der Waals surface area contributed by atoms with Crippen LogP contribution in [0, 0.1) is 0 Å². The van der Waals surface area contributed by atoms with Gasteiger partial charge in [-0.05, 0) is 24.1 Å². The molecule has 5 nitrogen and oxygen atoms in total. The van der Waals surface area contributed by atoms with Crippen molar-refractivity contribution in [1.29, 1.82) is 0 Å². The number of ether oxygens (including phenoxy) is 2. The van der Waals surface area contributed by atoms with Crippen molar-refractivity contribution >= 4 is 11.9 Å². The van der Waals surface area contributed by atoms with Gasteiger partial charge in [0, 0.05) is 13.5 Å². The highest BCUT2D eigenvalue weighted by atomic mass is 16.5. The third-order valence-corrected chi connectivity index (χ3v) is 3.25. The molecule has 0 bridgehead atoms. The maximum absolute atomic E-state index is 11.9. The lowest BCUT2D eigenvalue weighted by Crippen LogP contribution is -2.20. The van der Waals surface area contributed by atoms with Crippen molar-refractivity contribution in [2.75, 3.05) is 14.2 Å². The van der Waals surface area contributed by atoms with Crippen LogP contribution in [0.2, 0.25) is 0 Å². The second kappa shape index (κ2) is 5.30. The summed E-state index contributed by atoms with van der Waals surface area (Å²) < 4.78 is 10.5. The molecule has 1 aliphatic heterocycles. The quantitative estimate of drug-likeness (QED) is 0.840. The van der Waals surface area contributed by atoms with E-state index in [0.29, 0.717) is 23.3 Å². The first kappa shape index (κ1) is 13.4. The summed E-state index contributed by atoms with van der Waals surface area (Å²) in [4.78, 5) is 23.5. The van der Waals surface area contributed by atoms with Gasteiger partial charge in [0.25, 0.3) is 5.91 Å². The number of fused-ring (bicyclic) bond motifs is 1. The Kier molecular flexibility index (Phi) is 3.74. The van der Waals surface area contributed by atoms with E-state index >= 15 is 0 Å². The highest BCUT2D eigenvalue weighted by Crippen LogP contribution is 2.35. The standard InChI is InChI=1S/C14H17NO4/c1-4-10-6-8-5-9(14(17)18-3)7-11(12(8)19-10)13(16)15-2/h5,7,10H,4,6H2,1-3H3,(H,15,16). The van der Waals surface area contributed by atoms with Gasteiger partial charge in [-0.25, -0.2) is 4.79 Å². The maximum Gasteiger partial charge on any atom is 0.337 e. The van der Waals surface area contributed by atoms with E-state index in [1.165, 1.54) is 13.2 Å². The molecule has 0 aliphatic carbocycles. The molecule has 5 heteroatoms. The fourth-order valence-electron chi connectivity index (χ4n) is 2.20. The Balaban J connectivity index is 2.50. The molecule has 1 unspecified atom stereocenters. The molecule has 0 saturated carbocycles. The highest BCUT2D eigenvalue weighted by molar-refractivity contribution is 6.00. The van der Waals surface area contributed by atoms with E-state index in [4.69, 9.17) is 9.47 Å². The van der Waals surface area contributed by atoms with Crippen LogP contribution in [0.4, 0.5) is 0 Å². The Morgan fingerprint density at radius 2 is 2.21 bits per heavy atom. The summed E-state index contributed by atoms with van der Waals surface area (Å²) >= 11 is 0. The van der Waals surface area contributed by atoms with Crippen LogP contribution in [0.15, 0.2) is 12.1 Å². The highest BCUT2D eigenvalue weighted by Gasteiger charge is 2.28. The molecule has 19 heavy (non-hydrogen) atoms. The number of rotatable bonds is 3. The average Bonchev–Trinajstić information content (AvgIpc) is 2.87. The molecule has 0 fully saturated rings. The molecule has 1 aromatic rings. The smallest absolute Gasteiger partial charge is 0.337 e. The van der Waals surface area contributed by atoms with Crippen LogP contribution in [0.1, 0.15) is 39.6 Å². The lowest BCUT2D eigenvalue weighted by atomic mass is 10.0. The Labute approximate surface area is 111 Å². The first-order valence-electron chi connectivity index (χ1n) is 6.24. The van der Waals surface area contributed by atoms with Gasteiger partial charge in [0.2, 0.25) is 0 Å². The monoisotopic (exact) mass is 263 g/mol. The van der Waals surface area contributed by atoms with Crippen molar-refractivity contribution < 1.29 is 19.1 Å². The number of hydrogen-bond acceptors (Lipinski definition) is 4. The van der Waals surface area contributed by atoms with Gasteiger partial charge in [-0.1, -0.05) is 6.92 Å². The van der Waals surface area contributed by atoms with E-state index in [9.17, 15) is 9.59 Å². The van der Waals surface area contributed by atoms with Crippen molar-refractivity contribution in [2.45, 2.75) is 25.9 Å². The topological polar surface area (TPSA) is 64.6 Å². The predicted molar refractivity (Wildman–Crippen MR) is 69.6 cm³/mol. The largest absolute Gasteiger partial charge is 0.489 e. The minimum Gasteiger partial charge on any atom is -0.489 e. The molecular weight excluding hydrogens is 246 g/mol. The maximum atomic E-state index is 11.9. The minimum atomic E-state index is -0.451. The molecule has 1 aliphatic rings. The van der Waals surface area contributed by atoms with Gasteiger partial charge < -0.3 is 14.8 Å². The van der Waals surface area contributed by atoms with E-state index in [2.05, 4.69) is 5.32 Å². The van der Waals surface area contributed by atoms with Crippen LogP contribution in [0.25, 0.3) is 0 Å². The molecule has 0 aromatic heterocycles. The van der Waals surface area contributed by atoms with Crippen LogP contribution in [-0.4, -0.2) is 32.1 Å². The van der Waals surface area contributed by atoms with Gasteiger partial charge in [-0.15, -0.1) is 0 Å². The van der Waals surface area contributed by atoms with Crippen LogP contribution in [0.3, 0.4) is 0 Å². The number of esters is 1. The summed E-state index contributed by atoms with van der Waals surface area (Å²) in [5, 5.41) is 2.56. The summed E-state index contributed by atoms with van der Waals surface area (Å²) in [7, 11) is 2.87. The number of nitrogens with one attached hydrogen (secondary N) is 1. The van der Waals surface area contributed by atoms with Crippen LogP contribution in [0.5, 0.6) is 5.75 Å². The summed E-state index contributed by atoms with van der Waals surface area (Å²) in [6, 6.07) is 3.25. The van der Waals surface area contributed by atoms with Crippen molar-refractivity contribution in [3.63, 3.8) is 0 Å². The third-order valence-electron chi connectivity index (χ3n) is 3.25. The van der Waals surface area contributed by atoms with Gasteiger partial charge >= 0.3 is 5.97 Å². The van der Waals surface area contributed by atoms with Crippen molar-refractivity contribution in [3.8, 4) is 5.75 Å². The Morgan fingerprint density at radius 1 is 1.47 bits per heavy atom. The third kappa shape index (κ3) is 2.41. The summed E-state index contributed by atoms with van der Waals surface area (Å²) in [6.45, 7) is 2.03. The first-order chi connectivity index (χ1) is 9.10. The normalized spacial score (nSPS) is 16.5. The van der Waals surface area contributed by atoms with E-state index in [-0.39, 0.29) is 12.0 Å². The Morgan fingerprint density at radius 3 is 2.79 bits per heavy atom. The van der Waals surface area contributed by atoms with Crippen LogP contribution in [-0.2, 0) is 11.2 Å². The number of benzene rings is 1. The van der Waals surface area contributed by atoms with Gasteiger partial charge in [-0.2, -0.15) is 0 Å². The van der Waals surface area contributed by atoms with Gasteiger partial charge in [0.1, 0.15) is 11.9 Å². The molecule has 1 amide bonds. The number of carbonyl (C=O) groups is 2. The molecule has 1 atom stereocenters. The average molecular weight is 263 g/mol. The second-order valence-corrected chi connectivity index (χ2v) is 4.43. The minimum absolute atomic E-state index is 0.0614. The van der Waals surface area contributed by atoms with E-state index in [1.807, 2.05) is 6.92 Å². The van der Waals surface area contributed by atoms with Crippen LogP contribution >= 0.6 is 0 Å². The number of hydrogen-bond donors (Lipinski definition) is 1. The summed E-state index contributed by atoms with van der Waals surface area (Å²) in [6.07, 6.45) is 1.63. The zero-order chi connectivity index (χ0) is 14.0.